The lowest BCUT2D eigenvalue weighted by Gasteiger charge is -2.40. The average molecular weight is 378 g/mol. The molecule has 1 aliphatic rings. The number of benzene rings is 2. The molecule has 5 heteroatoms. The first-order valence-corrected chi connectivity index (χ1v) is 9.85. The molecule has 1 saturated heterocycles. The molecule has 2 unspecified atom stereocenters. The van der Waals surface area contributed by atoms with E-state index in [4.69, 9.17) is 0 Å². The first kappa shape index (κ1) is 18.8. The second-order valence-electron chi connectivity index (χ2n) is 7.66. The topological polar surface area (TPSA) is 24.3 Å². The van der Waals surface area contributed by atoms with Crippen molar-refractivity contribution in [1.82, 2.24) is 19.4 Å². The maximum atomic E-state index is 13.3. The van der Waals surface area contributed by atoms with Crippen LogP contribution < -0.4 is 0 Å². The number of likely N-dealkylation sites (N-methyl/N-ethyl adjacent to an activating group) is 1. The summed E-state index contributed by atoms with van der Waals surface area (Å²) in [6, 6.07) is 18.0. The van der Waals surface area contributed by atoms with E-state index in [2.05, 4.69) is 63.7 Å². The summed E-state index contributed by atoms with van der Waals surface area (Å²) in [7, 11) is 2.20. The van der Waals surface area contributed by atoms with Gasteiger partial charge in [0.2, 0.25) is 0 Å². The Bertz CT molecular complexity index is 890. The molecule has 1 aliphatic heterocycles. The van der Waals surface area contributed by atoms with Crippen molar-refractivity contribution in [3.63, 3.8) is 0 Å². The van der Waals surface area contributed by atoms with Crippen molar-refractivity contribution in [2.45, 2.75) is 25.6 Å². The van der Waals surface area contributed by atoms with Crippen LogP contribution in [0, 0.1) is 5.82 Å². The van der Waals surface area contributed by atoms with E-state index in [0.29, 0.717) is 6.04 Å². The van der Waals surface area contributed by atoms with E-state index in [1.165, 1.54) is 23.4 Å². The zero-order valence-corrected chi connectivity index (χ0v) is 16.5. The minimum Gasteiger partial charge on any atom is -0.326 e. The van der Waals surface area contributed by atoms with E-state index in [1.54, 1.807) is 0 Å². The average Bonchev–Trinajstić information content (AvgIpc) is 3.18. The molecule has 2 aromatic carbocycles. The normalized spacial score (nSPS) is 19.6. The van der Waals surface area contributed by atoms with Gasteiger partial charge in [-0.05, 0) is 37.2 Å². The molecule has 0 aliphatic carbocycles. The molecule has 0 N–H and O–H groups in total. The lowest BCUT2D eigenvalue weighted by molar-refractivity contribution is 0.0886. The van der Waals surface area contributed by atoms with Crippen LogP contribution >= 0.6 is 0 Å². The van der Waals surface area contributed by atoms with Crippen LogP contribution in [-0.2, 0) is 6.54 Å². The van der Waals surface area contributed by atoms with Gasteiger partial charge >= 0.3 is 0 Å². The van der Waals surface area contributed by atoms with E-state index in [1.807, 2.05) is 24.7 Å². The smallest absolute Gasteiger partial charge is 0.123 e. The highest BCUT2D eigenvalue weighted by molar-refractivity contribution is 5.22. The molecule has 28 heavy (non-hydrogen) atoms. The molecule has 1 fully saturated rings. The number of imidazole rings is 1. The Morgan fingerprint density at radius 3 is 2.57 bits per heavy atom. The maximum absolute atomic E-state index is 13.3. The Labute approximate surface area is 166 Å². The van der Waals surface area contributed by atoms with Crippen LogP contribution in [-0.4, -0.2) is 46.0 Å². The molecule has 0 bridgehead atoms. The minimum atomic E-state index is -0.203. The minimum absolute atomic E-state index is 0.121. The molecule has 0 radical (unpaired) electrons. The third-order valence-electron chi connectivity index (χ3n) is 5.82. The van der Waals surface area contributed by atoms with Gasteiger partial charge in [-0.2, -0.15) is 0 Å². The third-order valence-corrected chi connectivity index (χ3v) is 5.82. The van der Waals surface area contributed by atoms with Gasteiger partial charge in [-0.15, -0.1) is 0 Å². The fourth-order valence-electron chi connectivity index (χ4n) is 4.04. The van der Waals surface area contributed by atoms with Crippen LogP contribution in [0.15, 0.2) is 67.1 Å². The van der Waals surface area contributed by atoms with E-state index in [0.717, 1.165) is 31.7 Å². The van der Waals surface area contributed by atoms with Gasteiger partial charge in [-0.3, -0.25) is 9.80 Å². The molecule has 1 aromatic heterocycles. The molecule has 146 valence electrons. The van der Waals surface area contributed by atoms with Gasteiger partial charge in [-0.1, -0.05) is 42.5 Å². The summed E-state index contributed by atoms with van der Waals surface area (Å²) < 4.78 is 15.5. The fraction of sp³-hybridized carbons (Fsp3) is 0.348. The van der Waals surface area contributed by atoms with Crippen LogP contribution in [0.4, 0.5) is 4.39 Å². The Hall–Kier alpha value is -2.50. The van der Waals surface area contributed by atoms with E-state index in [-0.39, 0.29) is 11.9 Å². The second kappa shape index (κ2) is 8.25. The Morgan fingerprint density at radius 2 is 1.82 bits per heavy atom. The highest BCUT2D eigenvalue weighted by Gasteiger charge is 2.26. The van der Waals surface area contributed by atoms with Gasteiger partial charge in [-0.25, -0.2) is 9.37 Å². The monoisotopic (exact) mass is 378 g/mol. The van der Waals surface area contributed by atoms with E-state index in [9.17, 15) is 4.39 Å². The van der Waals surface area contributed by atoms with Gasteiger partial charge in [0.15, 0.2) is 0 Å². The van der Waals surface area contributed by atoms with Crippen molar-refractivity contribution in [2.75, 3.05) is 26.7 Å². The number of hydrogen-bond acceptors (Lipinski definition) is 3. The van der Waals surface area contributed by atoms with Crippen molar-refractivity contribution in [1.29, 1.82) is 0 Å². The number of nitrogens with zero attached hydrogens (tertiary/aromatic N) is 4. The van der Waals surface area contributed by atoms with Gasteiger partial charge in [0, 0.05) is 38.4 Å². The van der Waals surface area contributed by atoms with Crippen LogP contribution in [0.5, 0.6) is 0 Å². The van der Waals surface area contributed by atoms with Crippen molar-refractivity contribution in [3.05, 3.63) is 89.8 Å². The zero-order chi connectivity index (χ0) is 19.5. The number of aromatic nitrogens is 2. The van der Waals surface area contributed by atoms with Crippen LogP contribution in [0.2, 0.25) is 0 Å². The molecule has 0 amide bonds. The molecule has 2 heterocycles. The molecule has 4 rings (SSSR count). The molecule has 2 atom stereocenters. The van der Waals surface area contributed by atoms with Crippen molar-refractivity contribution in [3.8, 4) is 0 Å². The van der Waals surface area contributed by atoms with Crippen LogP contribution in [0.25, 0.3) is 0 Å². The van der Waals surface area contributed by atoms with Crippen molar-refractivity contribution in [2.24, 2.45) is 0 Å². The lowest BCUT2D eigenvalue weighted by atomic mass is 10.0. The Balaban J connectivity index is 1.49. The first-order valence-electron chi connectivity index (χ1n) is 9.85. The summed E-state index contributed by atoms with van der Waals surface area (Å²) in [5, 5.41) is 0. The van der Waals surface area contributed by atoms with E-state index < -0.39 is 0 Å². The van der Waals surface area contributed by atoms with Crippen molar-refractivity contribution < 1.29 is 4.39 Å². The van der Waals surface area contributed by atoms with Crippen LogP contribution in [0.3, 0.4) is 0 Å². The standard InChI is InChI=1S/C23H27FN4/c1-18(19-8-10-21(24)11-9-19)28-17-25-14-22(28)15-27-13-12-26(2)23(16-27)20-6-4-3-5-7-20/h3-11,14,17-18,23H,12-13,15-16H2,1-2H3. The maximum Gasteiger partial charge on any atom is 0.123 e. The molecule has 0 spiro atoms. The highest BCUT2D eigenvalue weighted by atomic mass is 19.1. The highest BCUT2D eigenvalue weighted by Crippen LogP contribution is 2.26. The van der Waals surface area contributed by atoms with E-state index >= 15 is 0 Å². The molecular weight excluding hydrogens is 351 g/mol. The fourth-order valence-corrected chi connectivity index (χ4v) is 4.04. The van der Waals surface area contributed by atoms with Crippen LogP contribution in [0.1, 0.15) is 35.8 Å². The van der Waals surface area contributed by atoms with Gasteiger partial charge in [0.1, 0.15) is 5.82 Å². The molecule has 3 aromatic rings. The Morgan fingerprint density at radius 1 is 1.07 bits per heavy atom. The third kappa shape index (κ3) is 4.01. The summed E-state index contributed by atoms with van der Waals surface area (Å²) in [5.41, 5.74) is 3.64. The quantitative estimate of drug-likeness (QED) is 0.667. The first-order chi connectivity index (χ1) is 13.6. The van der Waals surface area contributed by atoms with Gasteiger partial charge in [0.25, 0.3) is 0 Å². The molecular formula is C23H27FN4. The predicted molar refractivity (Wildman–Crippen MR) is 110 cm³/mol. The number of hydrogen-bond donors (Lipinski definition) is 0. The zero-order valence-electron chi connectivity index (χ0n) is 16.5. The summed E-state index contributed by atoms with van der Waals surface area (Å²) >= 11 is 0. The largest absolute Gasteiger partial charge is 0.326 e. The number of piperazine rings is 1. The Kier molecular flexibility index (Phi) is 5.55. The second-order valence-corrected chi connectivity index (χ2v) is 7.66. The summed E-state index contributed by atoms with van der Waals surface area (Å²) in [6.07, 6.45) is 3.84. The predicted octanol–water partition coefficient (Wildman–Crippen LogP) is 4.12. The number of halogens is 1. The molecule has 0 saturated carbocycles. The lowest BCUT2D eigenvalue weighted by Crippen LogP contribution is -2.46. The number of rotatable bonds is 5. The van der Waals surface area contributed by atoms with Crippen molar-refractivity contribution >= 4 is 0 Å². The van der Waals surface area contributed by atoms with Gasteiger partial charge in [0.05, 0.1) is 18.1 Å². The summed E-state index contributed by atoms with van der Waals surface area (Å²) in [6.45, 7) is 6.08. The SMILES string of the molecule is CC(c1ccc(F)cc1)n1cncc1CN1CCN(C)C(c2ccccc2)C1. The summed E-state index contributed by atoms with van der Waals surface area (Å²) in [4.78, 5) is 9.33. The van der Waals surface area contributed by atoms with Gasteiger partial charge < -0.3 is 4.57 Å². The summed E-state index contributed by atoms with van der Waals surface area (Å²) in [5.74, 6) is -0.203. The molecule has 4 nitrogen and oxygen atoms in total.